The van der Waals surface area contributed by atoms with Crippen molar-refractivity contribution in [1.29, 1.82) is 0 Å². The number of halogens is 11. The van der Waals surface area contributed by atoms with Crippen molar-refractivity contribution in [1.82, 2.24) is 49.6 Å². The first kappa shape index (κ1) is 67.4. The molecule has 87 heavy (non-hydrogen) atoms. The topological polar surface area (TPSA) is 334 Å². The van der Waals surface area contributed by atoms with E-state index in [1.807, 2.05) is 0 Å². The lowest BCUT2D eigenvalue weighted by Crippen LogP contribution is -2.46. The summed E-state index contributed by atoms with van der Waals surface area (Å²) in [4.78, 5) is 74.3. The number of aromatic amines is 2. The van der Waals surface area contributed by atoms with Gasteiger partial charge in [0.05, 0.1) is 49.7 Å². The number of nitrogens with zero attached hydrogens (tertiary/aromatic N) is 4. The Labute approximate surface area is 534 Å². The van der Waals surface area contributed by atoms with E-state index < -0.39 is 88.5 Å². The van der Waals surface area contributed by atoms with Crippen molar-refractivity contribution in [2.24, 2.45) is 11.8 Å². The standard InChI is InChI=1S/C25H23Cl2F2N5O7S.C24H21Cl2F2N5O7S.BBr3/c1-40-17-5-4-14(10-18(17)42(38,39)33-25(6-7-25)11-30-22(35)12-2-3-12)41-20-15(26)8-13(9-16(20)27)34-24(37)31-23(36)19(32-34)21(28)29;25-14-7-12(33-23(37)30-22(36)18(31-33)20(27)28)8-15(26)19(14)40-13-3-4-16(34)17(9-13)41(38,39)32-24(5-6-24)10-29-21(35)11-1-2-11;2-1(3)4/h4-5,8-10,12,21,33H,2-3,6-7,11H2,1H3,(H,30,35)(H,31,36,37);3-4,7-9,11,20,32,34H,1-2,5-6,10H2,(H,29,35)(H,30,36,37);. The van der Waals surface area contributed by atoms with Crippen molar-refractivity contribution in [3.8, 4) is 45.9 Å². The Hall–Kier alpha value is -5.56. The summed E-state index contributed by atoms with van der Waals surface area (Å²) in [6.07, 6.45) is -1.16. The third-order valence-electron chi connectivity index (χ3n) is 13.2. The molecule has 10 rings (SSSR count). The molecule has 24 nitrogen and oxygen atoms in total. The maximum atomic E-state index is 13.4. The zero-order chi connectivity index (χ0) is 63.7. The number of ether oxygens (including phenoxy) is 3. The number of hydrogen-bond acceptors (Lipinski definition) is 16. The number of sulfonamides is 2. The number of H-pyrrole nitrogens is 2. The number of hydrogen-bond donors (Lipinski definition) is 7. The van der Waals surface area contributed by atoms with Gasteiger partial charge in [-0.3, -0.25) is 29.1 Å². The van der Waals surface area contributed by atoms with Gasteiger partial charge in [0.1, 0.15) is 32.8 Å². The number of amides is 2. The number of aromatic nitrogens is 6. The molecule has 2 heterocycles. The number of rotatable bonds is 21. The van der Waals surface area contributed by atoms with Gasteiger partial charge in [-0.25, -0.2) is 53.4 Å². The fraction of sp³-hybridized carbons (Fsp3) is 0.347. The predicted molar refractivity (Wildman–Crippen MR) is 321 cm³/mol. The summed E-state index contributed by atoms with van der Waals surface area (Å²) in [6.45, 7) is 0.270. The molecular formula is C49H44BBr3Cl4F4N10O14S2. The van der Waals surface area contributed by atoms with E-state index in [9.17, 15) is 68.3 Å². The zero-order valence-electron chi connectivity index (χ0n) is 44.2. The molecule has 0 bridgehead atoms. The van der Waals surface area contributed by atoms with Gasteiger partial charge in [0.2, 0.25) is 31.9 Å². The number of methoxy groups -OCH3 is 1. The summed E-state index contributed by atoms with van der Waals surface area (Å²) in [5, 5.41) is 21.9. The molecule has 4 aromatic carbocycles. The van der Waals surface area contributed by atoms with Gasteiger partial charge < -0.3 is 30.0 Å². The van der Waals surface area contributed by atoms with Crippen LogP contribution in [0.15, 0.2) is 89.6 Å². The van der Waals surface area contributed by atoms with Crippen LogP contribution in [-0.4, -0.2) is 97.7 Å². The van der Waals surface area contributed by atoms with Crippen LogP contribution in [0.2, 0.25) is 20.1 Å². The minimum Gasteiger partial charge on any atom is -0.507 e. The Morgan fingerprint density at radius 2 is 1.01 bits per heavy atom. The van der Waals surface area contributed by atoms with E-state index in [-0.39, 0.29) is 105 Å². The van der Waals surface area contributed by atoms with Crippen LogP contribution in [0.5, 0.6) is 34.5 Å². The average molecular weight is 1530 g/mol. The Bertz CT molecular complexity index is 4110. The number of benzene rings is 4. The van der Waals surface area contributed by atoms with Crippen LogP contribution >= 0.6 is 93.7 Å². The number of carbonyl (C=O) groups is 2. The Morgan fingerprint density at radius 3 is 1.36 bits per heavy atom. The highest BCUT2D eigenvalue weighted by Crippen LogP contribution is 2.44. The smallest absolute Gasteiger partial charge is 0.369 e. The normalized spacial score (nSPS) is 15.5. The SMILES string of the molecule is BrB(Br)Br.COc1ccc(Oc2c(Cl)cc(-n3nc(C(F)F)c(=O)[nH]c3=O)cc2Cl)cc1S(=O)(=O)NC1(CNC(=O)C2CC2)CC1.O=C(NCC1(NS(=O)(=O)c2cc(Oc3c(Cl)cc(-n4nc(C(F)F)c(=O)[nH]c4=O)cc3Cl)ccc2O)CC1)C1CC1. The van der Waals surface area contributed by atoms with Crippen LogP contribution in [0.3, 0.4) is 0 Å². The third kappa shape index (κ3) is 17.0. The Morgan fingerprint density at radius 1 is 0.655 bits per heavy atom. The first-order valence-electron chi connectivity index (χ1n) is 25.3. The van der Waals surface area contributed by atoms with E-state index >= 15 is 0 Å². The third-order valence-corrected chi connectivity index (χ3v) is 17.5. The van der Waals surface area contributed by atoms with Crippen molar-refractivity contribution < 1.29 is 63.3 Å². The molecule has 0 aliphatic heterocycles. The van der Waals surface area contributed by atoms with E-state index in [0.717, 1.165) is 62.1 Å². The van der Waals surface area contributed by atoms with Crippen LogP contribution in [0.4, 0.5) is 17.6 Å². The number of alkyl halides is 4. The highest BCUT2D eigenvalue weighted by molar-refractivity contribution is 9.69. The second-order valence-corrected chi connectivity index (χ2v) is 31.2. The first-order chi connectivity index (χ1) is 40.8. The quantitative estimate of drug-likeness (QED) is 0.0262. The minimum absolute atomic E-state index is 0.000993. The molecule has 0 radical (unpaired) electrons. The molecule has 0 unspecified atom stereocenters. The van der Waals surface area contributed by atoms with E-state index in [1.165, 1.54) is 31.4 Å². The van der Waals surface area contributed by atoms with E-state index in [1.54, 1.807) is 9.97 Å². The van der Waals surface area contributed by atoms with Gasteiger partial charge in [-0.05, 0) is 99.9 Å². The van der Waals surface area contributed by atoms with E-state index in [0.29, 0.717) is 35.0 Å². The summed E-state index contributed by atoms with van der Waals surface area (Å²) >= 11 is 34.5. The molecule has 466 valence electrons. The molecule has 4 aliphatic rings. The molecule has 4 fully saturated rings. The number of nitrogens with one attached hydrogen (secondary N) is 6. The van der Waals surface area contributed by atoms with Gasteiger partial charge >= 0.3 is 14.6 Å². The molecule has 7 N–H and O–H groups in total. The molecule has 0 saturated heterocycles. The second kappa shape index (κ2) is 27.3. The molecule has 2 aromatic heterocycles. The van der Waals surface area contributed by atoms with Crippen LogP contribution in [0.25, 0.3) is 11.4 Å². The monoisotopic (exact) mass is 1520 g/mol. The van der Waals surface area contributed by atoms with Crippen LogP contribution in [0, 0.1) is 11.8 Å². The molecule has 2 amide bonds. The Kier molecular flexibility index (Phi) is 21.1. The van der Waals surface area contributed by atoms with Crippen LogP contribution in [-0.2, 0) is 29.6 Å². The van der Waals surface area contributed by atoms with Crippen molar-refractivity contribution in [3.05, 3.63) is 134 Å². The van der Waals surface area contributed by atoms with Crippen molar-refractivity contribution in [3.63, 3.8) is 0 Å². The van der Waals surface area contributed by atoms with Crippen LogP contribution in [0.1, 0.15) is 75.6 Å². The summed E-state index contributed by atoms with van der Waals surface area (Å²) in [5.74, 6) is -1.21. The number of phenolic OH excluding ortho intramolecular Hbond substituents is 1. The zero-order valence-corrected chi connectivity index (χ0v) is 53.7. The van der Waals surface area contributed by atoms with Crippen molar-refractivity contribution in [2.75, 3.05) is 20.2 Å². The summed E-state index contributed by atoms with van der Waals surface area (Å²) in [5.41, 5.74) is -9.28. The molecule has 6 aromatic rings. The molecule has 0 atom stereocenters. The maximum Gasteiger partial charge on any atom is 0.369 e. The lowest BCUT2D eigenvalue weighted by atomic mass is 10.3. The van der Waals surface area contributed by atoms with E-state index in [2.05, 4.69) is 77.5 Å². The van der Waals surface area contributed by atoms with Gasteiger partial charge in [-0.2, -0.15) is 19.6 Å². The summed E-state index contributed by atoms with van der Waals surface area (Å²) < 4.78 is 129. The highest BCUT2D eigenvalue weighted by Gasteiger charge is 2.49. The molecule has 4 saturated carbocycles. The second-order valence-electron chi connectivity index (χ2n) is 19.8. The lowest BCUT2D eigenvalue weighted by Gasteiger charge is -2.20. The largest absolute Gasteiger partial charge is 0.507 e. The fourth-order valence-electron chi connectivity index (χ4n) is 8.04. The maximum absolute atomic E-state index is 13.4. The summed E-state index contributed by atoms with van der Waals surface area (Å²) in [6, 6.07) is 11.8. The molecule has 38 heteroatoms. The van der Waals surface area contributed by atoms with Gasteiger partial charge in [-0.1, -0.05) is 46.4 Å². The van der Waals surface area contributed by atoms with Gasteiger partial charge in [0.25, 0.3) is 24.0 Å². The van der Waals surface area contributed by atoms with Gasteiger partial charge in [0, 0.05) is 37.1 Å². The average Bonchev–Trinajstić information content (AvgIpc) is 2.30. The lowest BCUT2D eigenvalue weighted by molar-refractivity contribution is -0.123. The summed E-state index contributed by atoms with van der Waals surface area (Å²) in [7, 11) is -7.12. The first-order valence-corrected chi connectivity index (χ1v) is 32.5. The van der Waals surface area contributed by atoms with Gasteiger partial charge in [0.15, 0.2) is 22.9 Å². The Balaban J connectivity index is 0.000000213. The van der Waals surface area contributed by atoms with Crippen molar-refractivity contribution in [2.45, 2.75) is 85.1 Å². The number of carbonyl (C=O) groups excluding carboxylic acids is 2. The predicted octanol–water partition coefficient (Wildman–Crippen LogP) is 8.46. The number of phenols is 1. The fourth-order valence-corrected chi connectivity index (χ4v) is 12.4. The van der Waals surface area contributed by atoms with E-state index in [4.69, 9.17) is 60.6 Å². The molecular weight excluding hydrogens is 1490 g/mol. The van der Waals surface area contributed by atoms with Crippen molar-refractivity contribution >= 4 is 129 Å². The molecule has 4 aliphatic carbocycles. The minimum atomic E-state index is -4.27. The number of aromatic hydroxyl groups is 1. The van der Waals surface area contributed by atoms with Gasteiger partial charge in [-0.15, -0.1) is 47.3 Å². The molecule has 0 spiro atoms. The van der Waals surface area contributed by atoms with Crippen LogP contribution < -0.4 is 56.8 Å². The highest BCUT2D eigenvalue weighted by atomic mass is 79.9.